The molecule has 1 aliphatic rings. The normalized spacial score (nSPS) is 16.5. The second-order valence-corrected chi connectivity index (χ2v) is 9.44. The van der Waals surface area contributed by atoms with Gasteiger partial charge in [0.1, 0.15) is 17.1 Å². The van der Waals surface area contributed by atoms with Gasteiger partial charge < -0.3 is 15.2 Å². The van der Waals surface area contributed by atoms with Gasteiger partial charge in [0.05, 0.1) is 10.6 Å². The van der Waals surface area contributed by atoms with Crippen molar-refractivity contribution >= 4 is 41.1 Å². The smallest absolute Gasteiger partial charge is 0.148 e. The van der Waals surface area contributed by atoms with Gasteiger partial charge in [-0.3, -0.25) is 0 Å². The van der Waals surface area contributed by atoms with Crippen molar-refractivity contribution in [3.63, 3.8) is 0 Å². The van der Waals surface area contributed by atoms with E-state index in [2.05, 4.69) is 40.6 Å². The van der Waals surface area contributed by atoms with Crippen LogP contribution in [0.4, 0.5) is 5.82 Å². The average Bonchev–Trinajstić information content (AvgIpc) is 3.26. The minimum Gasteiger partial charge on any atom is -0.361 e. The van der Waals surface area contributed by atoms with E-state index in [4.69, 9.17) is 15.2 Å². The van der Waals surface area contributed by atoms with Crippen LogP contribution >= 0.6 is 35.3 Å². The molecule has 1 atom stereocenters. The van der Waals surface area contributed by atoms with Gasteiger partial charge >= 0.3 is 0 Å². The van der Waals surface area contributed by atoms with E-state index in [9.17, 15) is 0 Å². The quantitative estimate of drug-likeness (QED) is 0.518. The maximum Gasteiger partial charge on any atom is 0.148 e. The molecule has 0 saturated carbocycles. The summed E-state index contributed by atoms with van der Waals surface area (Å²) in [6.45, 7) is 3.97. The van der Waals surface area contributed by atoms with Crippen molar-refractivity contribution in [3.05, 3.63) is 71.2 Å². The summed E-state index contributed by atoms with van der Waals surface area (Å²) in [5, 5.41) is 6.15. The zero-order valence-corrected chi connectivity index (χ0v) is 18.0. The Balaban J connectivity index is 1.62. The fourth-order valence-corrected chi connectivity index (χ4v) is 5.45. The first kappa shape index (κ1) is 19.4. The molecule has 4 rings (SSSR count). The van der Waals surface area contributed by atoms with Crippen LogP contribution in [-0.4, -0.2) is 15.6 Å². The SMILES string of the molecule is CC1=CSC(N)N1c1ncc(SCc2cc(C)on2)cc1Sc1ccccc1. The molecule has 144 valence electrons. The molecule has 0 saturated heterocycles. The lowest BCUT2D eigenvalue weighted by Gasteiger charge is -2.26. The fraction of sp³-hybridized carbons (Fsp3) is 0.200. The molecule has 0 aliphatic carbocycles. The zero-order chi connectivity index (χ0) is 19.5. The van der Waals surface area contributed by atoms with E-state index < -0.39 is 0 Å². The number of thioether (sulfide) groups is 2. The van der Waals surface area contributed by atoms with Crippen LogP contribution in [0.5, 0.6) is 0 Å². The van der Waals surface area contributed by atoms with Crippen LogP contribution < -0.4 is 10.6 Å². The van der Waals surface area contributed by atoms with Crippen LogP contribution in [0.1, 0.15) is 18.4 Å². The molecule has 0 radical (unpaired) electrons. The molecule has 28 heavy (non-hydrogen) atoms. The minimum absolute atomic E-state index is 0.153. The van der Waals surface area contributed by atoms with E-state index >= 15 is 0 Å². The van der Waals surface area contributed by atoms with Crippen LogP contribution in [0.2, 0.25) is 0 Å². The van der Waals surface area contributed by atoms with Gasteiger partial charge in [0.25, 0.3) is 0 Å². The molecule has 3 aromatic rings. The second-order valence-electron chi connectivity index (χ2n) is 6.28. The molecule has 1 aromatic carbocycles. The van der Waals surface area contributed by atoms with Gasteiger partial charge in [-0.15, -0.1) is 11.8 Å². The molecule has 3 heterocycles. The topological polar surface area (TPSA) is 68.2 Å². The molecule has 2 aromatic heterocycles. The van der Waals surface area contributed by atoms with E-state index in [1.165, 1.54) is 4.90 Å². The average molecular weight is 429 g/mol. The zero-order valence-electron chi connectivity index (χ0n) is 15.5. The first-order valence-electron chi connectivity index (χ1n) is 8.75. The molecule has 0 bridgehead atoms. The minimum atomic E-state index is -0.153. The summed E-state index contributed by atoms with van der Waals surface area (Å²) in [5.74, 6) is 2.46. The summed E-state index contributed by atoms with van der Waals surface area (Å²) in [5.41, 5.74) is 8.19. The molecule has 5 nitrogen and oxygen atoms in total. The van der Waals surface area contributed by atoms with Crippen molar-refractivity contribution in [2.45, 2.75) is 39.8 Å². The highest BCUT2D eigenvalue weighted by Gasteiger charge is 2.26. The standard InChI is InChI=1S/C20H20N4OS3/c1-13-11-27-20(21)24(13)19-18(28-16-6-4-3-5-7-16)9-17(10-22-19)26-12-15-8-14(2)25-23-15/h3-11,20H,12,21H2,1-2H3. The molecule has 1 unspecified atom stereocenters. The Morgan fingerprint density at radius 2 is 2.00 bits per heavy atom. The van der Waals surface area contributed by atoms with E-state index in [-0.39, 0.29) is 5.50 Å². The summed E-state index contributed by atoms with van der Waals surface area (Å²) >= 11 is 5.00. The van der Waals surface area contributed by atoms with Gasteiger partial charge in [0.15, 0.2) is 0 Å². The van der Waals surface area contributed by atoms with Crippen molar-refractivity contribution < 1.29 is 4.52 Å². The molecular formula is C20H20N4OS3. The Bertz CT molecular complexity index is 990. The van der Waals surface area contributed by atoms with Crippen LogP contribution in [-0.2, 0) is 5.75 Å². The second kappa shape index (κ2) is 8.65. The fourth-order valence-electron chi connectivity index (χ4n) is 2.79. The molecule has 2 N–H and O–H groups in total. The third-order valence-electron chi connectivity index (χ3n) is 4.08. The van der Waals surface area contributed by atoms with Crippen molar-refractivity contribution in [2.75, 3.05) is 4.90 Å². The molecule has 8 heteroatoms. The highest BCUT2D eigenvalue weighted by atomic mass is 32.2. The highest BCUT2D eigenvalue weighted by molar-refractivity contribution is 8.03. The van der Waals surface area contributed by atoms with Crippen LogP contribution in [0, 0.1) is 6.92 Å². The molecule has 0 fully saturated rings. The van der Waals surface area contributed by atoms with Gasteiger partial charge in [-0.2, -0.15) is 0 Å². The first-order chi connectivity index (χ1) is 13.6. The number of pyridine rings is 1. The maximum atomic E-state index is 6.30. The number of anilines is 1. The maximum absolute atomic E-state index is 6.30. The van der Waals surface area contributed by atoms with Gasteiger partial charge in [-0.1, -0.05) is 46.9 Å². The molecular weight excluding hydrogens is 408 g/mol. The lowest BCUT2D eigenvalue weighted by atomic mass is 10.4. The number of hydrogen-bond donors (Lipinski definition) is 1. The Kier molecular flexibility index (Phi) is 6.01. The predicted molar refractivity (Wildman–Crippen MR) is 117 cm³/mol. The van der Waals surface area contributed by atoms with Gasteiger partial charge in [-0.05, 0) is 37.5 Å². The van der Waals surface area contributed by atoms with Crippen molar-refractivity contribution in [2.24, 2.45) is 5.73 Å². The molecule has 1 aliphatic heterocycles. The number of allylic oxidation sites excluding steroid dienone is 1. The van der Waals surface area contributed by atoms with Gasteiger partial charge in [-0.25, -0.2) is 4.98 Å². The summed E-state index contributed by atoms with van der Waals surface area (Å²) in [4.78, 5) is 10.2. The molecule has 0 amide bonds. The Hall–Kier alpha value is -1.87. The Morgan fingerprint density at radius 3 is 2.68 bits per heavy atom. The summed E-state index contributed by atoms with van der Waals surface area (Å²) in [6, 6.07) is 14.5. The third-order valence-corrected chi connectivity index (χ3v) is 7.07. The van der Waals surface area contributed by atoms with Crippen LogP contribution in [0.15, 0.2) is 79.0 Å². The lowest BCUT2D eigenvalue weighted by Crippen LogP contribution is -2.35. The number of benzene rings is 1. The summed E-state index contributed by atoms with van der Waals surface area (Å²) < 4.78 is 5.15. The van der Waals surface area contributed by atoms with Gasteiger partial charge in [0.2, 0.25) is 0 Å². The van der Waals surface area contributed by atoms with E-state index in [0.29, 0.717) is 0 Å². The van der Waals surface area contributed by atoms with Crippen molar-refractivity contribution in [3.8, 4) is 0 Å². The van der Waals surface area contributed by atoms with E-state index in [1.54, 1.807) is 35.3 Å². The number of nitrogens with zero attached hydrogens (tertiary/aromatic N) is 3. The number of rotatable bonds is 6. The Morgan fingerprint density at radius 1 is 1.18 bits per heavy atom. The van der Waals surface area contributed by atoms with Crippen molar-refractivity contribution in [1.82, 2.24) is 10.1 Å². The number of aromatic nitrogens is 2. The monoisotopic (exact) mass is 428 g/mol. The highest BCUT2D eigenvalue weighted by Crippen LogP contribution is 2.41. The van der Waals surface area contributed by atoms with Crippen LogP contribution in [0.3, 0.4) is 0 Å². The predicted octanol–water partition coefficient (Wildman–Crippen LogP) is 5.48. The van der Waals surface area contributed by atoms with E-state index in [1.807, 2.05) is 37.4 Å². The third kappa shape index (κ3) is 4.41. The number of aryl methyl sites for hydroxylation is 1. The van der Waals surface area contributed by atoms with E-state index in [0.717, 1.165) is 38.5 Å². The number of hydrogen-bond acceptors (Lipinski definition) is 8. The lowest BCUT2D eigenvalue weighted by molar-refractivity contribution is 0.393. The van der Waals surface area contributed by atoms with Crippen LogP contribution in [0.25, 0.3) is 0 Å². The first-order valence-corrected chi connectivity index (χ1v) is 11.5. The van der Waals surface area contributed by atoms with Crippen molar-refractivity contribution in [1.29, 1.82) is 0 Å². The summed E-state index contributed by atoms with van der Waals surface area (Å²) in [6.07, 6.45) is 1.91. The number of nitrogens with two attached hydrogens (primary N) is 1. The molecule has 0 spiro atoms. The Labute approximate surface area is 177 Å². The largest absolute Gasteiger partial charge is 0.361 e. The van der Waals surface area contributed by atoms with Gasteiger partial charge in [0, 0.05) is 33.5 Å². The summed E-state index contributed by atoms with van der Waals surface area (Å²) in [7, 11) is 0.